The van der Waals surface area contributed by atoms with E-state index in [0.29, 0.717) is 25.6 Å². The fraction of sp³-hybridized carbons (Fsp3) is 0.917. The Morgan fingerprint density at radius 1 is 1.50 bits per heavy atom. The van der Waals surface area contributed by atoms with Crippen LogP contribution in [0, 0.1) is 0 Å². The zero-order valence-electron chi connectivity index (χ0n) is 10.7. The van der Waals surface area contributed by atoms with Crippen LogP contribution >= 0.6 is 0 Å². The van der Waals surface area contributed by atoms with Crippen LogP contribution in [0.25, 0.3) is 0 Å². The Labute approximate surface area is 98.1 Å². The van der Waals surface area contributed by atoms with Gasteiger partial charge in [0.2, 0.25) is 5.91 Å². The van der Waals surface area contributed by atoms with Gasteiger partial charge in [0, 0.05) is 26.2 Å². The van der Waals surface area contributed by atoms with Crippen LogP contribution in [-0.2, 0) is 9.53 Å². The highest BCUT2D eigenvalue weighted by Crippen LogP contribution is 2.26. The lowest BCUT2D eigenvalue weighted by Crippen LogP contribution is -2.48. The van der Waals surface area contributed by atoms with Crippen molar-refractivity contribution in [2.75, 3.05) is 20.2 Å². The second-order valence-electron chi connectivity index (χ2n) is 5.10. The molecule has 2 N–H and O–H groups in total. The summed E-state index contributed by atoms with van der Waals surface area (Å²) < 4.78 is 5.29. The Morgan fingerprint density at radius 3 is 2.50 bits per heavy atom. The molecule has 94 valence electrons. The number of carbonyl (C=O) groups excluding carboxylic acids is 1. The summed E-state index contributed by atoms with van der Waals surface area (Å²) in [5.41, 5.74) is 5.17. The lowest BCUT2D eigenvalue weighted by molar-refractivity contribution is -0.140. The first-order valence-electron chi connectivity index (χ1n) is 6.05. The molecule has 0 aromatic heterocycles. The summed E-state index contributed by atoms with van der Waals surface area (Å²) in [6.45, 7) is 5.08. The van der Waals surface area contributed by atoms with Gasteiger partial charge in [-0.05, 0) is 33.1 Å². The quantitative estimate of drug-likeness (QED) is 0.741. The van der Waals surface area contributed by atoms with E-state index in [1.54, 1.807) is 7.11 Å². The van der Waals surface area contributed by atoms with E-state index in [1.165, 1.54) is 6.42 Å². The molecule has 0 atom stereocenters. The molecule has 0 heterocycles. The van der Waals surface area contributed by atoms with E-state index < -0.39 is 0 Å². The zero-order chi connectivity index (χ0) is 12.2. The van der Waals surface area contributed by atoms with E-state index in [-0.39, 0.29) is 11.5 Å². The Kier molecular flexibility index (Phi) is 4.74. The van der Waals surface area contributed by atoms with E-state index in [4.69, 9.17) is 10.5 Å². The van der Waals surface area contributed by atoms with Gasteiger partial charge in [-0.1, -0.05) is 0 Å². The summed E-state index contributed by atoms with van der Waals surface area (Å²) in [4.78, 5) is 14.1. The number of ether oxygens (including phenoxy) is 1. The molecular weight excluding hydrogens is 204 g/mol. The molecule has 1 fully saturated rings. The van der Waals surface area contributed by atoms with E-state index in [1.807, 2.05) is 18.7 Å². The molecule has 0 radical (unpaired) electrons. The Balaban J connectivity index is 2.53. The SMILES string of the molecule is COC(C)(C)CC(=O)N(CCN)C1CCC1. The first kappa shape index (κ1) is 13.5. The maximum absolute atomic E-state index is 12.1. The maximum Gasteiger partial charge on any atom is 0.225 e. The van der Waals surface area contributed by atoms with Crippen molar-refractivity contribution in [3.63, 3.8) is 0 Å². The van der Waals surface area contributed by atoms with E-state index in [0.717, 1.165) is 12.8 Å². The summed E-state index contributed by atoms with van der Waals surface area (Å²) in [6.07, 6.45) is 3.91. The van der Waals surface area contributed by atoms with Gasteiger partial charge in [-0.15, -0.1) is 0 Å². The molecule has 4 nitrogen and oxygen atoms in total. The van der Waals surface area contributed by atoms with E-state index in [2.05, 4.69) is 0 Å². The van der Waals surface area contributed by atoms with Crippen molar-refractivity contribution in [2.45, 2.75) is 51.2 Å². The van der Waals surface area contributed by atoms with Gasteiger partial charge in [0.1, 0.15) is 0 Å². The van der Waals surface area contributed by atoms with Crippen LogP contribution in [0.2, 0.25) is 0 Å². The number of methoxy groups -OCH3 is 1. The van der Waals surface area contributed by atoms with Crippen molar-refractivity contribution in [3.8, 4) is 0 Å². The first-order chi connectivity index (χ1) is 7.50. The highest BCUT2D eigenvalue weighted by atomic mass is 16.5. The molecule has 0 aromatic carbocycles. The normalized spacial score (nSPS) is 17.0. The molecule has 0 spiro atoms. The van der Waals surface area contributed by atoms with Gasteiger partial charge in [-0.25, -0.2) is 0 Å². The van der Waals surface area contributed by atoms with Gasteiger partial charge in [0.25, 0.3) is 0 Å². The molecular formula is C12H24N2O2. The van der Waals surface area contributed by atoms with Crippen LogP contribution < -0.4 is 5.73 Å². The van der Waals surface area contributed by atoms with Crippen molar-refractivity contribution in [1.29, 1.82) is 0 Å². The van der Waals surface area contributed by atoms with Crippen LogP contribution in [0.15, 0.2) is 0 Å². The van der Waals surface area contributed by atoms with Gasteiger partial charge in [0.15, 0.2) is 0 Å². The molecule has 1 aliphatic rings. The monoisotopic (exact) mass is 228 g/mol. The smallest absolute Gasteiger partial charge is 0.225 e. The van der Waals surface area contributed by atoms with Crippen LogP contribution in [-0.4, -0.2) is 42.6 Å². The van der Waals surface area contributed by atoms with Crippen LogP contribution in [0.3, 0.4) is 0 Å². The minimum atomic E-state index is -0.381. The topological polar surface area (TPSA) is 55.6 Å². The van der Waals surface area contributed by atoms with Gasteiger partial charge < -0.3 is 15.4 Å². The molecule has 16 heavy (non-hydrogen) atoms. The molecule has 1 amide bonds. The fourth-order valence-corrected chi connectivity index (χ4v) is 1.89. The number of nitrogens with two attached hydrogens (primary N) is 1. The van der Waals surface area contributed by atoms with Crippen molar-refractivity contribution in [2.24, 2.45) is 5.73 Å². The molecule has 1 aliphatic carbocycles. The average Bonchev–Trinajstić information content (AvgIpc) is 2.14. The molecule has 4 heteroatoms. The lowest BCUT2D eigenvalue weighted by Gasteiger charge is -2.39. The number of amides is 1. The van der Waals surface area contributed by atoms with Gasteiger partial charge in [-0.2, -0.15) is 0 Å². The lowest BCUT2D eigenvalue weighted by atomic mass is 9.90. The van der Waals surface area contributed by atoms with Crippen LogP contribution in [0.5, 0.6) is 0 Å². The minimum Gasteiger partial charge on any atom is -0.378 e. The molecule has 0 unspecified atom stereocenters. The predicted molar refractivity (Wildman–Crippen MR) is 64.1 cm³/mol. The zero-order valence-corrected chi connectivity index (χ0v) is 10.7. The average molecular weight is 228 g/mol. The Bertz CT molecular complexity index is 237. The Hall–Kier alpha value is -0.610. The highest BCUT2D eigenvalue weighted by molar-refractivity contribution is 5.77. The molecule has 1 saturated carbocycles. The molecule has 1 rings (SSSR count). The van der Waals surface area contributed by atoms with Crippen molar-refractivity contribution >= 4 is 5.91 Å². The standard InChI is InChI=1S/C12H24N2O2/c1-12(2,16-3)9-11(15)14(8-7-13)10-5-4-6-10/h10H,4-9,13H2,1-3H3. The first-order valence-corrected chi connectivity index (χ1v) is 6.05. The van der Waals surface area contributed by atoms with Gasteiger partial charge in [-0.3, -0.25) is 4.79 Å². The summed E-state index contributed by atoms with van der Waals surface area (Å²) in [5.74, 6) is 0.169. The van der Waals surface area contributed by atoms with Crippen molar-refractivity contribution in [1.82, 2.24) is 4.90 Å². The van der Waals surface area contributed by atoms with Crippen LogP contribution in [0.4, 0.5) is 0 Å². The van der Waals surface area contributed by atoms with Crippen molar-refractivity contribution in [3.05, 3.63) is 0 Å². The predicted octanol–water partition coefficient (Wildman–Crippen LogP) is 1.14. The fourth-order valence-electron chi connectivity index (χ4n) is 1.89. The van der Waals surface area contributed by atoms with Crippen LogP contribution in [0.1, 0.15) is 39.5 Å². The van der Waals surface area contributed by atoms with E-state index >= 15 is 0 Å². The second-order valence-corrected chi connectivity index (χ2v) is 5.10. The Morgan fingerprint density at radius 2 is 2.12 bits per heavy atom. The number of carbonyl (C=O) groups is 1. The summed E-state index contributed by atoms with van der Waals surface area (Å²) in [7, 11) is 1.64. The summed E-state index contributed by atoms with van der Waals surface area (Å²) >= 11 is 0. The molecule has 0 aliphatic heterocycles. The maximum atomic E-state index is 12.1. The summed E-state index contributed by atoms with van der Waals surface area (Å²) in [5, 5.41) is 0. The third-order valence-electron chi connectivity index (χ3n) is 3.34. The minimum absolute atomic E-state index is 0.169. The van der Waals surface area contributed by atoms with E-state index in [9.17, 15) is 4.79 Å². The summed E-state index contributed by atoms with van der Waals surface area (Å²) in [6, 6.07) is 0.420. The third kappa shape index (κ3) is 3.46. The molecule has 0 saturated heterocycles. The molecule has 0 aromatic rings. The number of hydrogen-bond acceptors (Lipinski definition) is 3. The third-order valence-corrected chi connectivity index (χ3v) is 3.34. The number of hydrogen-bond donors (Lipinski definition) is 1. The second kappa shape index (κ2) is 5.64. The number of rotatable bonds is 6. The highest BCUT2D eigenvalue weighted by Gasteiger charge is 2.31. The van der Waals surface area contributed by atoms with Gasteiger partial charge >= 0.3 is 0 Å². The largest absolute Gasteiger partial charge is 0.378 e. The van der Waals surface area contributed by atoms with Gasteiger partial charge in [0.05, 0.1) is 12.0 Å². The van der Waals surface area contributed by atoms with Crippen molar-refractivity contribution < 1.29 is 9.53 Å². The molecule has 0 bridgehead atoms. The number of nitrogens with zero attached hydrogens (tertiary/aromatic N) is 1.